The Hall–Kier alpha value is 0. The molecular weight excluding hydrogens is 231 g/mol. The topological polar surface area (TPSA) is 33.6 Å². The molecular formula is C5H9IN2O. The van der Waals surface area contributed by atoms with Crippen LogP contribution in [0.2, 0.25) is 0 Å². The van der Waals surface area contributed by atoms with Crippen LogP contribution < -0.4 is 5.32 Å². The van der Waals surface area contributed by atoms with Gasteiger partial charge in [0, 0.05) is 13.1 Å². The summed E-state index contributed by atoms with van der Waals surface area (Å²) in [5.74, 6) is 0. The molecule has 1 rings (SSSR count). The third-order valence-electron chi connectivity index (χ3n) is 1.06. The Kier molecular flexibility index (Phi) is 3.10. The van der Waals surface area contributed by atoms with Crippen molar-refractivity contribution in [3.63, 3.8) is 0 Å². The van der Waals surface area contributed by atoms with Gasteiger partial charge in [0.05, 0.1) is 0 Å². The van der Waals surface area contributed by atoms with Gasteiger partial charge in [-0.3, -0.25) is 0 Å². The van der Waals surface area contributed by atoms with E-state index in [9.17, 15) is 0 Å². The lowest BCUT2D eigenvalue weighted by Gasteiger charge is -2.12. The largest absolute Gasteiger partial charge is 0.455 e. The number of nitrogens with one attached hydrogen (secondary N) is 1. The zero-order chi connectivity index (χ0) is 6.53. The van der Waals surface area contributed by atoms with Crippen molar-refractivity contribution >= 4 is 28.6 Å². The van der Waals surface area contributed by atoms with Crippen LogP contribution in [0.1, 0.15) is 6.42 Å². The summed E-state index contributed by atoms with van der Waals surface area (Å²) < 4.78 is 5.78. The number of halogens is 1. The van der Waals surface area contributed by atoms with Gasteiger partial charge in [-0.15, -0.1) is 0 Å². The van der Waals surface area contributed by atoms with Crippen molar-refractivity contribution < 1.29 is 4.74 Å². The first-order valence-corrected chi connectivity index (χ1v) is 4.43. The fraction of sp³-hybridized carbons (Fsp3) is 0.800. The molecule has 0 aromatic carbocycles. The van der Waals surface area contributed by atoms with Crippen LogP contribution in [0.5, 0.6) is 0 Å². The molecule has 4 heteroatoms. The van der Waals surface area contributed by atoms with Gasteiger partial charge < -0.3 is 10.1 Å². The van der Waals surface area contributed by atoms with Gasteiger partial charge in [0.25, 0.3) is 6.02 Å². The molecule has 0 saturated carbocycles. The lowest BCUT2D eigenvalue weighted by atomic mass is 10.4. The molecule has 0 bridgehead atoms. The normalized spacial score (nSPS) is 18.1. The summed E-state index contributed by atoms with van der Waals surface area (Å²) in [7, 11) is 0. The van der Waals surface area contributed by atoms with Crippen molar-refractivity contribution in [2.75, 3.05) is 17.7 Å². The molecule has 0 spiro atoms. The van der Waals surface area contributed by atoms with Gasteiger partial charge in [0.1, 0.15) is 4.61 Å². The van der Waals surface area contributed by atoms with Crippen LogP contribution in [0, 0.1) is 0 Å². The molecule has 1 N–H and O–H groups in total. The Labute approximate surface area is 68.0 Å². The number of alkyl halides is 1. The maximum Gasteiger partial charge on any atom is 0.285 e. The first-order chi connectivity index (χ1) is 4.43. The van der Waals surface area contributed by atoms with Crippen LogP contribution in [0.3, 0.4) is 0 Å². The van der Waals surface area contributed by atoms with E-state index in [1.807, 2.05) is 0 Å². The molecule has 0 radical (unpaired) electrons. The highest BCUT2D eigenvalue weighted by molar-refractivity contribution is 14.1. The fourth-order valence-electron chi connectivity index (χ4n) is 0.659. The van der Waals surface area contributed by atoms with E-state index in [1.165, 1.54) is 0 Å². The van der Waals surface area contributed by atoms with Crippen LogP contribution in [-0.4, -0.2) is 23.7 Å². The highest BCUT2D eigenvalue weighted by atomic mass is 127. The van der Waals surface area contributed by atoms with E-state index in [4.69, 9.17) is 4.74 Å². The van der Waals surface area contributed by atoms with E-state index < -0.39 is 0 Å². The summed E-state index contributed by atoms with van der Waals surface area (Å²) in [5.41, 5.74) is 0. The number of amidine groups is 1. The summed E-state index contributed by atoms with van der Waals surface area (Å²) in [4.78, 5) is 4.10. The second-order valence-corrected chi connectivity index (χ2v) is 2.34. The molecule has 0 amide bonds. The first kappa shape index (κ1) is 7.11. The minimum absolute atomic E-state index is 0.670. The molecule has 0 atom stereocenters. The number of hydrogen-bond donors (Lipinski definition) is 1. The minimum Gasteiger partial charge on any atom is -0.455 e. The van der Waals surface area contributed by atoms with E-state index in [0.717, 1.165) is 19.5 Å². The average molecular weight is 240 g/mol. The Morgan fingerprint density at radius 3 is 3.22 bits per heavy atom. The number of hydrogen-bond acceptors (Lipinski definition) is 3. The molecule has 1 heterocycles. The Morgan fingerprint density at radius 2 is 2.67 bits per heavy atom. The molecule has 52 valence electrons. The summed E-state index contributed by atoms with van der Waals surface area (Å²) in [5, 5.41) is 3.04. The fourth-order valence-corrected chi connectivity index (χ4v) is 0.954. The first-order valence-electron chi connectivity index (χ1n) is 2.90. The highest BCUT2D eigenvalue weighted by Gasteiger charge is 2.01. The van der Waals surface area contributed by atoms with Gasteiger partial charge in [-0.25, -0.2) is 4.99 Å². The van der Waals surface area contributed by atoms with Crippen molar-refractivity contribution in [3.05, 3.63) is 0 Å². The second kappa shape index (κ2) is 3.92. The molecule has 0 aromatic rings. The van der Waals surface area contributed by atoms with Crippen LogP contribution >= 0.6 is 22.6 Å². The van der Waals surface area contributed by atoms with Crippen molar-refractivity contribution in [2.45, 2.75) is 6.42 Å². The smallest absolute Gasteiger partial charge is 0.285 e. The minimum atomic E-state index is 0.670. The Bertz CT molecular complexity index is 116. The van der Waals surface area contributed by atoms with Gasteiger partial charge >= 0.3 is 0 Å². The van der Waals surface area contributed by atoms with E-state index in [0.29, 0.717) is 10.6 Å². The summed E-state index contributed by atoms with van der Waals surface area (Å²) in [6.07, 6.45) is 1.12. The quantitative estimate of drug-likeness (QED) is 0.541. The van der Waals surface area contributed by atoms with Gasteiger partial charge in [-0.2, -0.15) is 0 Å². The monoisotopic (exact) mass is 240 g/mol. The number of nitrogens with zero attached hydrogens (tertiary/aromatic N) is 1. The zero-order valence-corrected chi connectivity index (χ0v) is 7.22. The molecule has 3 nitrogen and oxygen atoms in total. The van der Waals surface area contributed by atoms with Crippen LogP contribution in [0.4, 0.5) is 0 Å². The molecule has 9 heavy (non-hydrogen) atoms. The number of ether oxygens (including phenoxy) is 1. The maximum absolute atomic E-state index is 5.11. The van der Waals surface area contributed by atoms with Crippen molar-refractivity contribution in [1.82, 2.24) is 5.32 Å². The van der Waals surface area contributed by atoms with Crippen LogP contribution in [-0.2, 0) is 4.74 Å². The van der Waals surface area contributed by atoms with Crippen LogP contribution in [0.15, 0.2) is 4.99 Å². The summed E-state index contributed by atoms with van der Waals surface area (Å²) >= 11 is 2.15. The molecule has 0 aliphatic carbocycles. The summed E-state index contributed by atoms with van der Waals surface area (Å²) in [6, 6.07) is 0.704. The Balaban J connectivity index is 2.28. The third-order valence-corrected chi connectivity index (χ3v) is 1.37. The van der Waals surface area contributed by atoms with E-state index in [-0.39, 0.29) is 0 Å². The molecule has 0 saturated heterocycles. The molecule has 0 fully saturated rings. The van der Waals surface area contributed by atoms with Gasteiger partial charge in [-0.05, 0) is 29.0 Å². The molecule has 1 aliphatic heterocycles. The third kappa shape index (κ3) is 2.38. The number of aliphatic imine (C=N–C) groups is 1. The molecule has 0 aromatic heterocycles. The molecule has 0 unspecified atom stereocenters. The summed E-state index contributed by atoms with van der Waals surface area (Å²) in [6.45, 7) is 1.90. The average Bonchev–Trinajstić information content (AvgIpc) is 1.91. The lowest BCUT2D eigenvalue weighted by molar-refractivity contribution is 0.361. The maximum atomic E-state index is 5.11. The van der Waals surface area contributed by atoms with E-state index in [2.05, 4.69) is 32.9 Å². The predicted octanol–water partition coefficient (Wildman–Crippen LogP) is 0.745. The highest BCUT2D eigenvalue weighted by Crippen LogP contribution is 1.92. The number of rotatable bonds is 1. The van der Waals surface area contributed by atoms with E-state index in [1.54, 1.807) is 0 Å². The Morgan fingerprint density at radius 1 is 1.78 bits per heavy atom. The van der Waals surface area contributed by atoms with Crippen LogP contribution in [0.25, 0.3) is 0 Å². The SMILES string of the molecule is ICOC1=NCCCN1. The standard InChI is InChI=1S/C5H9IN2O/c6-4-9-5-7-2-1-3-8-5/h1-4H2,(H,7,8). The van der Waals surface area contributed by atoms with Gasteiger partial charge in [0.2, 0.25) is 0 Å². The zero-order valence-electron chi connectivity index (χ0n) is 5.06. The molecule has 1 aliphatic rings. The van der Waals surface area contributed by atoms with Crippen molar-refractivity contribution in [2.24, 2.45) is 4.99 Å². The van der Waals surface area contributed by atoms with Gasteiger partial charge in [-0.1, -0.05) is 0 Å². The predicted molar refractivity (Wildman–Crippen MR) is 44.9 cm³/mol. The lowest BCUT2D eigenvalue weighted by Crippen LogP contribution is -2.31. The second-order valence-electron chi connectivity index (χ2n) is 1.72. The van der Waals surface area contributed by atoms with Gasteiger partial charge in [0.15, 0.2) is 0 Å². The van der Waals surface area contributed by atoms with E-state index >= 15 is 0 Å². The van der Waals surface area contributed by atoms with Crippen molar-refractivity contribution in [3.8, 4) is 0 Å². The van der Waals surface area contributed by atoms with Crippen molar-refractivity contribution in [1.29, 1.82) is 0 Å².